The predicted molar refractivity (Wildman–Crippen MR) is 143 cm³/mol. The molecular weight excluding hydrogens is 470 g/mol. The first-order chi connectivity index (χ1) is 17.5. The summed E-state index contributed by atoms with van der Waals surface area (Å²) in [6, 6.07) is 27.9. The largest absolute Gasteiger partial charge is 0.342 e. The molecule has 4 aromatic rings. The van der Waals surface area contributed by atoms with Crippen LogP contribution < -0.4 is 10.2 Å². The van der Waals surface area contributed by atoms with Crippen LogP contribution in [0.2, 0.25) is 0 Å². The van der Waals surface area contributed by atoms with E-state index in [1.54, 1.807) is 17.0 Å². The minimum Gasteiger partial charge on any atom is -0.342 e. The number of carbonyl (C=O) groups is 2. The molecule has 0 bridgehead atoms. The van der Waals surface area contributed by atoms with Crippen molar-refractivity contribution in [2.24, 2.45) is 13.0 Å². The smallest absolute Gasteiger partial charge is 0.251 e. The maximum absolute atomic E-state index is 13.4. The van der Waals surface area contributed by atoms with Crippen molar-refractivity contribution in [1.82, 2.24) is 20.1 Å². The molecule has 36 heavy (non-hydrogen) atoms. The van der Waals surface area contributed by atoms with Gasteiger partial charge in [0, 0.05) is 24.0 Å². The molecule has 1 unspecified atom stereocenters. The minimum atomic E-state index is -0.328. The van der Waals surface area contributed by atoms with Crippen molar-refractivity contribution in [3.05, 3.63) is 102 Å². The Labute approximate surface area is 215 Å². The summed E-state index contributed by atoms with van der Waals surface area (Å²) in [4.78, 5) is 27.9. The van der Waals surface area contributed by atoms with Gasteiger partial charge in [0.1, 0.15) is 0 Å². The number of amides is 2. The lowest BCUT2D eigenvalue weighted by Crippen LogP contribution is -2.33. The average molecular weight is 500 g/mol. The number of nitrogens with zero attached hydrogens (tertiary/aromatic N) is 4. The Morgan fingerprint density at radius 3 is 1.92 bits per heavy atom. The van der Waals surface area contributed by atoms with Crippen LogP contribution in [0.4, 0.5) is 11.4 Å². The third kappa shape index (κ3) is 5.83. The van der Waals surface area contributed by atoms with Gasteiger partial charge in [-0.15, -0.1) is 10.2 Å². The molecule has 0 radical (unpaired) electrons. The lowest BCUT2D eigenvalue weighted by atomic mass is 10.0. The van der Waals surface area contributed by atoms with Crippen molar-refractivity contribution in [1.29, 1.82) is 0 Å². The second kappa shape index (κ2) is 11.7. The fourth-order valence-electron chi connectivity index (χ4n) is 3.85. The molecule has 2 amide bonds. The van der Waals surface area contributed by atoms with E-state index < -0.39 is 0 Å². The van der Waals surface area contributed by atoms with Crippen molar-refractivity contribution in [2.75, 3.05) is 10.7 Å². The van der Waals surface area contributed by atoms with Crippen LogP contribution in [0.15, 0.2) is 96.2 Å². The Morgan fingerprint density at radius 2 is 1.39 bits per heavy atom. The summed E-state index contributed by atoms with van der Waals surface area (Å²) in [5.41, 5.74) is 2.19. The average Bonchev–Trinajstić information content (AvgIpc) is 3.27. The normalized spacial score (nSPS) is 11.8. The highest BCUT2D eigenvalue weighted by atomic mass is 32.2. The van der Waals surface area contributed by atoms with E-state index in [2.05, 4.69) is 15.5 Å². The van der Waals surface area contributed by atoms with Gasteiger partial charge in [-0.3, -0.25) is 14.5 Å². The molecule has 0 fully saturated rings. The first-order valence-electron chi connectivity index (χ1n) is 11.8. The lowest BCUT2D eigenvalue weighted by molar-refractivity contribution is -0.115. The minimum absolute atomic E-state index is 0.0697. The molecular formula is C28H29N5O2S. The zero-order valence-corrected chi connectivity index (χ0v) is 21.4. The van der Waals surface area contributed by atoms with E-state index in [9.17, 15) is 9.59 Å². The van der Waals surface area contributed by atoms with Crippen molar-refractivity contribution in [3.63, 3.8) is 0 Å². The van der Waals surface area contributed by atoms with Crippen LogP contribution in [0, 0.1) is 5.92 Å². The van der Waals surface area contributed by atoms with E-state index in [4.69, 9.17) is 0 Å². The molecule has 0 aliphatic rings. The van der Waals surface area contributed by atoms with Gasteiger partial charge in [-0.05, 0) is 42.3 Å². The number of nitrogens with one attached hydrogen (secondary N) is 1. The third-order valence-corrected chi connectivity index (χ3v) is 6.74. The van der Waals surface area contributed by atoms with Gasteiger partial charge in [-0.25, -0.2) is 0 Å². The molecule has 8 heteroatoms. The molecule has 0 saturated carbocycles. The number of hydrogen-bond donors (Lipinski definition) is 1. The van der Waals surface area contributed by atoms with Gasteiger partial charge < -0.3 is 9.88 Å². The highest BCUT2D eigenvalue weighted by molar-refractivity contribution is 7.99. The van der Waals surface area contributed by atoms with Gasteiger partial charge in [0.05, 0.1) is 11.8 Å². The summed E-state index contributed by atoms with van der Waals surface area (Å²) >= 11 is 1.32. The lowest BCUT2D eigenvalue weighted by Gasteiger charge is -2.23. The first-order valence-corrected chi connectivity index (χ1v) is 12.8. The molecule has 4 rings (SSSR count). The summed E-state index contributed by atoms with van der Waals surface area (Å²) in [5, 5.41) is 12.4. The molecule has 0 saturated heterocycles. The maximum atomic E-state index is 13.4. The number of thioether (sulfide) groups is 1. The Balaban J connectivity index is 1.50. The second-order valence-corrected chi connectivity index (χ2v) is 9.59. The van der Waals surface area contributed by atoms with Crippen LogP contribution in [0.25, 0.3) is 0 Å². The van der Waals surface area contributed by atoms with E-state index in [1.807, 2.05) is 104 Å². The Bertz CT molecular complexity index is 1250. The molecule has 0 aliphatic carbocycles. The quantitative estimate of drug-likeness (QED) is 0.312. The summed E-state index contributed by atoms with van der Waals surface area (Å²) in [6.07, 6.45) is 0. The fraction of sp³-hybridized carbons (Fsp3) is 0.214. The monoisotopic (exact) mass is 499 g/mol. The van der Waals surface area contributed by atoms with Gasteiger partial charge in [0.2, 0.25) is 5.91 Å². The highest BCUT2D eigenvalue weighted by Crippen LogP contribution is 2.28. The predicted octanol–water partition coefficient (Wildman–Crippen LogP) is 5.40. The molecule has 1 atom stereocenters. The van der Waals surface area contributed by atoms with Crippen molar-refractivity contribution in [3.8, 4) is 0 Å². The molecule has 0 aliphatic heterocycles. The maximum Gasteiger partial charge on any atom is 0.251 e. The molecule has 3 aromatic carbocycles. The fourth-order valence-corrected chi connectivity index (χ4v) is 4.62. The number of carbonyl (C=O) groups excluding carboxylic acids is 2. The van der Waals surface area contributed by atoms with Crippen LogP contribution in [-0.4, -0.2) is 32.3 Å². The van der Waals surface area contributed by atoms with Crippen LogP contribution in [0.1, 0.15) is 36.1 Å². The molecule has 1 aromatic heterocycles. The standard InChI is InChI=1S/C28H29N5O2S/c1-20(2)25(29-27(35)21-13-7-4-8-14-21)26-30-31-28(32(26)3)36-19-24(34)33(22-15-9-5-10-16-22)23-17-11-6-12-18-23/h4-18,20,25H,19H2,1-3H3,(H,29,35). The van der Waals surface area contributed by atoms with Gasteiger partial charge in [-0.1, -0.05) is 80.2 Å². The van der Waals surface area contributed by atoms with Gasteiger partial charge in [-0.2, -0.15) is 0 Å². The molecule has 1 heterocycles. The van der Waals surface area contributed by atoms with Crippen molar-refractivity contribution < 1.29 is 9.59 Å². The van der Waals surface area contributed by atoms with Crippen molar-refractivity contribution in [2.45, 2.75) is 25.0 Å². The number of aromatic nitrogens is 3. The molecule has 1 N–H and O–H groups in total. The van der Waals surface area contributed by atoms with Crippen LogP contribution >= 0.6 is 11.8 Å². The highest BCUT2D eigenvalue weighted by Gasteiger charge is 2.26. The van der Waals surface area contributed by atoms with Crippen LogP contribution in [-0.2, 0) is 11.8 Å². The van der Waals surface area contributed by atoms with E-state index in [-0.39, 0.29) is 29.5 Å². The zero-order valence-electron chi connectivity index (χ0n) is 20.5. The van der Waals surface area contributed by atoms with Crippen LogP contribution in [0.5, 0.6) is 0 Å². The number of benzene rings is 3. The van der Waals surface area contributed by atoms with Crippen LogP contribution in [0.3, 0.4) is 0 Å². The summed E-state index contributed by atoms with van der Waals surface area (Å²) in [7, 11) is 1.86. The number of anilines is 2. The molecule has 184 valence electrons. The Morgan fingerprint density at radius 1 is 0.861 bits per heavy atom. The SMILES string of the molecule is CC(C)C(NC(=O)c1ccccc1)c1nnc(SCC(=O)N(c2ccccc2)c2ccccc2)n1C. The summed E-state index contributed by atoms with van der Waals surface area (Å²) in [5.74, 6) is 0.681. The first kappa shape index (κ1) is 25.2. The zero-order chi connectivity index (χ0) is 25.5. The van der Waals surface area contributed by atoms with Gasteiger partial charge in [0.25, 0.3) is 5.91 Å². The van der Waals surface area contributed by atoms with E-state index in [0.29, 0.717) is 16.5 Å². The third-order valence-electron chi connectivity index (χ3n) is 5.74. The Hall–Kier alpha value is -3.91. The van der Waals surface area contributed by atoms with E-state index in [0.717, 1.165) is 11.4 Å². The number of rotatable bonds is 9. The number of hydrogen-bond acceptors (Lipinski definition) is 5. The van der Waals surface area contributed by atoms with E-state index in [1.165, 1.54) is 11.8 Å². The topological polar surface area (TPSA) is 80.1 Å². The van der Waals surface area contributed by atoms with Gasteiger partial charge in [0.15, 0.2) is 11.0 Å². The van der Waals surface area contributed by atoms with Gasteiger partial charge >= 0.3 is 0 Å². The molecule has 7 nitrogen and oxygen atoms in total. The van der Waals surface area contributed by atoms with E-state index >= 15 is 0 Å². The molecule has 0 spiro atoms. The summed E-state index contributed by atoms with van der Waals surface area (Å²) in [6.45, 7) is 4.05. The second-order valence-electron chi connectivity index (χ2n) is 8.65. The summed E-state index contributed by atoms with van der Waals surface area (Å²) < 4.78 is 1.85. The Kier molecular flexibility index (Phi) is 8.17. The van der Waals surface area contributed by atoms with Crippen molar-refractivity contribution >= 4 is 35.0 Å². The number of para-hydroxylation sites is 2.